The fraction of sp³-hybridized carbons (Fsp3) is 0.636. The molecule has 0 atom stereocenters. The molecule has 1 aliphatic carbocycles. The van der Waals surface area contributed by atoms with Crippen molar-refractivity contribution in [1.82, 2.24) is 9.97 Å². The molecule has 0 aliphatic heterocycles. The zero-order chi connectivity index (χ0) is 11.6. The van der Waals surface area contributed by atoms with Gasteiger partial charge in [0.05, 0.1) is 5.54 Å². The van der Waals surface area contributed by atoms with Crippen molar-refractivity contribution in [1.29, 1.82) is 0 Å². The van der Waals surface area contributed by atoms with E-state index in [4.69, 9.17) is 5.73 Å². The summed E-state index contributed by atoms with van der Waals surface area (Å²) in [5.74, 6) is 1.58. The lowest BCUT2D eigenvalue weighted by atomic mass is 9.77. The topological polar surface area (TPSA) is 67.1 Å². The second-order valence-electron chi connectivity index (χ2n) is 4.60. The van der Waals surface area contributed by atoms with Crippen LogP contribution >= 0.6 is 0 Å². The van der Waals surface area contributed by atoms with Gasteiger partial charge in [0.25, 0.3) is 0 Å². The molecule has 5 nitrogen and oxygen atoms in total. The second-order valence-corrected chi connectivity index (χ2v) is 4.60. The SMILES string of the molecule is CN(C)c1nccc(NC2(CN)CCC2)n1. The third-order valence-electron chi connectivity index (χ3n) is 3.14. The molecule has 0 bridgehead atoms. The van der Waals surface area contributed by atoms with Crippen molar-refractivity contribution >= 4 is 11.8 Å². The first kappa shape index (κ1) is 11.1. The Hall–Kier alpha value is -1.36. The van der Waals surface area contributed by atoms with Crippen LogP contribution in [0.5, 0.6) is 0 Å². The number of hydrogen-bond acceptors (Lipinski definition) is 5. The van der Waals surface area contributed by atoms with Crippen LogP contribution in [0.15, 0.2) is 12.3 Å². The first-order valence-corrected chi connectivity index (χ1v) is 5.64. The Bertz CT molecular complexity index is 354. The molecule has 3 N–H and O–H groups in total. The van der Waals surface area contributed by atoms with Crippen molar-refractivity contribution in [2.75, 3.05) is 30.9 Å². The molecule has 0 amide bonds. The molecule has 5 heteroatoms. The van der Waals surface area contributed by atoms with Gasteiger partial charge in [-0.25, -0.2) is 4.98 Å². The highest BCUT2D eigenvalue weighted by Gasteiger charge is 2.35. The average molecular weight is 221 g/mol. The van der Waals surface area contributed by atoms with Crippen molar-refractivity contribution < 1.29 is 0 Å². The lowest BCUT2D eigenvalue weighted by molar-refractivity contribution is 0.286. The first-order valence-electron chi connectivity index (χ1n) is 5.64. The lowest BCUT2D eigenvalue weighted by Crippen LogP contribution is -2.51. The lowest BCUT2D eigenvalue weighted by Gasteiger charge is -2.42. The molecular formula is C11H19N5. The fourth-order valence-electron chi connectivity index (χ4n) is 1.89. The van der Waals surface area contributed by atoms with E-state index in [0.717, 1.165) is 24.6 Å². The molecule has 0 radical (unpaired) electrons. The predicted molar refractivity (Wildman–Crippen MR) is 65.6 cm³/mol. The van der Waals surface area contributed by atoms with E-state index >= 15 is 0 Å². The molecule has 1 aromatic heterocycles. The number of hydrogen-bond donors (Lipinski definition) is 2. The zero-order valence-corrected chi connectivity index (χ0v) is 9.90. The number of rotatable bonds is 4. The number of anilines is 2. The van der Waals surface area contributed by atoms with Gasteiger partial charge in [0.1, 0.15) is 5.82 Å². The van der Waals surface area contributed by atoms with Crippen molar-refractivity contribution in [2.24, 2.45) is 5.73 Å². The number of nitrogens with zero attached hydrogens (tertiary/aromatic N) is 3. The van der Waals surface area contributed by atoms with Crippen LogP contribution in [0.3, 0.4) is 0 Å². The monoisotopic (exact) mass is 221 g/mol. The van der Waals surface area contributed by atoms with Gasteiger partial charge in [-0.15, -0.1) is 0 Å². The summed E-state index contributed by atoms with van der Waals surface area (Å²) in [6, 6.07) is 1.89. The van der Waals surface area contributed by atoms with E-state index in [2.05, 4.69) is 15.3 Å². The normalized spacial score (nSPS) is 17.7. The van der Waals surface area contributed by atoms with Gasteiger partial charge >= 0.3 is 0 Å². The van der Waals surface area contributed by atoms with E-state index in [-0.39, 0.29) is 5.54 Å². The van der Waals surface area contributed by atoms with Gasteiger partial charge in [0, 0.05) is 26.8 Å². The highest BCUT2D eigenvalue weighted by Crippen LogP contribution is 2.33. The summed E-state index contributed by atoms with van der Waals surface area (Å²) in [6.07, 6.45) is 5.28. The van der Waals surface area contributed by atoms with Crippen LogP contribution in [0, 0.1) is 0 Å². The summed E-state index contributed by atoms with van der Waals surface area (Å²) >= 11 is 0. The Kier molecular flexibility index (Phi) is 2.96. The Morgan fingerprint density at radius 2 is 2.25 bits per heavy atom. The van der Waals surface area contributed by atoms with Crippen molar-refractivity contribution in [3.05, 3.63) is 12.3 Å². The minimum atomic E-state index is 0.0674. The third kappa shape index (κ3) is 2.09. The van der Waals surface area contributed by atoms with E-state index in [1.807, 2.05) is 25.1 Å². The van der Waals surface area contributed by atoms with Crippen LogP contribution in [0.1, 0.15) is 19.3 Å². The molecule has 1 heterocycles. The number of nitrogens with two attached hydrogens (primary N) is 1. The van der Waals surface area contributed by atoms with Crippen molar-refractivity contribution in [3.63, 3.8) is 0 Å². The average Bonchev–Trinajstić information content (AvgIpc) is 2.24. The fourth-order valence-corrected chi connectivity index (χ4v) is 1.89. The Labute approximate surface area is 96.1 Å². The maximum Gasteiger partial charge on any atom is 0.226 e. The van der Waals surface area contributed by atoms with E-state index < -0.39 is 0 Å². The van der Waals surface area contributed by atoms with Gasteiger partial charge in [-0.05, 0) is 25.3 Å². The van der Waals surface area contributed by atoms with Gasteiger partial charge in [0.15, 0.2) is 0 Å². The molecular weight excluding hydrogens is 202 g/mol. The smallest absolute Gasteiger partial charge is 0.226 e. The van der Waals surface area contributed by atoms with E-state index in [0.29, 0.717) is 6.54 Å². The van der Waals surface area contributed by atoms with Crippen LogP contribution in [-0.2, 0) is 0 Å². The highest BCUT2D eigenvalue weighted by molar-refractivity contribution is 5.43. The summed E-state index contributed by atoms with van der Waals surface area (Å²) in [7, 11) is 3.86. The van der Waals surface area contributed by atoms with Crippen LogP contribution in [0.25, 0.3) is 0 Å². The molecule has 1 saturated carbocycles. The standard InChI is InChI=1S/C11H19N5/c1-16(2)10-13-7-4-9(14-10)15-11(8-12)5-3-6-11/h4,7H,3,5-6,8,12H2,1-2H3,(H,13,14,15). The largest absolute Gasteiger partial charge is 0.363 e. The molecule has 0 aromatic carbocycles. The number of aromatic nitrogens is 2. The maximum absolute atomic E-state index is 5.80. The van der Waals surface area contributed by atoms with Crippen LogP contribution in [0.4, 0.5) is 11.8 Å². The Morgan fingerprint density at radius 3 is 2.75 bits per heavy atom. The summed E-state index contributed by atoms with van der Waals surface area (Å²) in [5, 5.41) is 3.43. The van der Waals surface area contributed by atoms with Crippen molar-refractivity contribution in [3.8, 4) is 0 Å². The van der Waals surface area contributed by atoms with Gasteiger partial charge in [-0.3, -0.25) is 0 Å². The molecule has 2 rings (SSSR count). The molecule has 1 aliphatic rings. The summed E-state index contributed by atoms with van der Waals surface area (Å²) in [4.78, 5) is 10.5. The van der Waals surface area contributed by atoms with Gasteiger partial charge in [-0.2, -0.15) is 4.98 Å². The molecule has 16 heavy (non-hydrogen) atoms. The molecule has 88 valence electrons. The molecule has 1 fully saturated rings. The van der Waals surface area contributed by atoms with Gasteiger partial charge in [-0.1, -0.05) is 0 Å². The third-order valence-corrected chi connectivity index (χ3v) is 3.14. The van der Waals surface area contributed by atoms with E-state index in [1.54, 1.807) is 6.20 Å². The zero-order valence-electron chi connectivity index (χ0n) is 9.90. The molecule has 1 aromatic rings. The van der Waals surface area contributed by atoms with E-state index in [1.165, 1.54) is 6.42 Å². The Morgan fingerprint density at radius 1 is 1.50 bits per heavy atom. The molecule has 0 spiro atoms. The van der Waals surface area contributed by atoms with Gasteiger partial charge in [0.2, 0.25) is 5.95 Å². The quantitative estimate of drug-likeness (QED) is 0.788. The minimum absolute atomic E-state index is 0.0674. The summed E-state index contributed by atoms with van der Waals surface area (Å²) in [5.41, 5.74) is 5.87. The van der Waals surface area contributed by atoms with E-state index in [9.17, 15) is 0 Å². The molecule has 0 saturated heterocycles. The first-order chi connectivity index (χ1) is 7.65. The van der Waals surface area contributed by atoms with Crippen LogP contribution in [0.2, 0.25) is 0 Å². The number of nitrogens with one attached hydrogen (secondary N) is 1. The Balaban J connectivity index is 2.12. The minimum Gasteiger partial charge on any atom is -0.363 e. The molecule has 0 unspecified atom stereocenters. The summed E-state index contributed by atoms with van der Waals surface area (Å²) in [6.45, 7) is 0.661. The van der Waals surface area contributed by atoms with Gasteiger partial charge < -0.3 is 16.0 Å². The highest BCUT2D eigenvalue weighted by atomic mass is 15.2. The van der Waals surface area contributed by atoms with Crippen LogP contribution in [-0.4, -0.2) is 36.1 Å². The van der Waals surface area contributed by atoms with Crippen LogP contribution < -0.4 is 16.0 Å². The maximum atomic E-state index is 5.80. The van der Waals surface area contributed by atoms with Crippen molar-refractivity contribution in [2.45, 2.75) is 24.8 Å². The summed E-state index contributed by atoms with van der Waals surface area (Å²) < 4.78 is 0. The predicted octanol–water partition coefficient (Wildman–Crippen LogP) is 0.836. The second kappa shape index (κ2) is 4.25.